The van der Waals surface area contributed by atoms with Crippen molar-refractivity contribution in [3.63, 3.8) is 0 Å². The van der Waals surface area contributed by atoms with E-state index < -0.39 is 5.97 Å². The number of amides is 1. The van der Waals surface area contributed by atoms with Crippen molar-refractivity contribution in [1.82, 2.24) is 14.7 Å². The maximum absolute atomic E-state index is 11.8. The molecule has 0 aliphatic rings. The molecule has 0 aliphatic heterocycles. The number of fused-ring (bicyclic) bond motifs is 1. The zero-order chi connectivity index (χ0) is 15.4. The second-order valence-corrected chi connectivity index (χ2v) is 5.75. The number of aliphatic carboxylic acids is 1. The van der Waals surface area contributed by atoms with Gasteiger partial charge in [0, 0.05) is 30.1 Å². The molecule has 0 spiro atoms. The summed E-state index contributed by atoms with van der Waals surface area (Å²) in [5.74, 6) is -1.17. The molecule has 21 heavy (non-hydrogen) atoms. The molecule has 2 aromatic heterocycles. The van der Waals surface area contributed by atoms with Crippen LogP contribution in [0.2, 0.25) is 5.15 Å². The number of hydrogen-bond acceptors (Lipinski definition) is 4. The second kappa shape index (κ2) is 6.73. The summed E-state index contributed by atoms with van der Waals surface area (Å²) in [5.41, 5.74) is 0.640. The van der Waals surface area contributed by atoms with Gasteiger partial charge in [-0.05, 0) is 19.4 Å². The first-order valence-corrected chi connectivity index (χ1v) is 7.54. The summed E-state index contributed by atoms with van der Waals surface area (Å²) in [6.07, 6.45) is 5.19. The summed E-state index contributed by atoms with van der Waals surface area (Å²) >= 11 is 7.46. The van der Waals surface area contributed by atoms with Crippen molar-refractivity contribution in [3.05, 3.63) is 28.5 Å². The van der Waals surface area contributed by atoms with Gasteiger partial charge in [0.2, 0.25) is 5.91 Å². The van der Waals surface area contributed by atoms with Crippen molar-refractivity contribution in [1.29, 1.82) is 0 Å². The molecule has 2 rings (SSSR count). The van der Waals surface area contributed by atoms with Gasteiger partial charge in [0.1, 0.15) is 0 Å². The quantitative estimate of drug-likeness (QED) is 0.798. The van der Waals surface area contributed by atoms with Gasteiger partial charge in [-0.15, -0.1) is 11.3 Å². The minimum Gasteiger partial charge on any atom is -0.481 e. The average Bonchev–Trinajstić information content (AvgIpc) is 2.95. The van der Waals surface area contributed by atoms with E-state index >= 15 is 0 Å². The van der Waals surface area contributed by atoms with Crippen molar-refractivity contribution in [2.75, 3.05) is 0 Å². The molecule has 0 aromatic carbocycles. The number of thiazole rings is 1. The molecule has 8 heteroatoms. The van der Waals surface area contributed by atoms with E-state index in [4.69, 9.17) is 16.7 Å². The zero-order valence-electron chi connectivity index (χ0n) is 11.2. The predicted molar refractivity (Wildman–Crippen MR) is 81.6 cm³/mol. The highest BCUT2D eigenvalue weighted by atomic mass is 35.5. The van der Waals surface area contributed by atoms with Crippen LogP contribution in [0.1, 0.15) is 25.5 Å². The minimum absolute atomic E-state index is 0.0230. The zero-order valence-corrected chi connectivity index (χ0v) is 12.8. The van der Waals surface area contributed by atoms with E-state index in [0.717, 1.165) is 4.96 Å². The van der Waals surface area contributed by atoms with Crippen LogP contribution in [0.15, 0.2) is 17.7 Å². The first-order chi connectivity index (χ1) is 9.97. The lowest BCUT2D eigenvalue weighted by Crippen LogP contribution is -2.31. The molecular formula is C13H14ClN3O3S. The standard InChI is InChI=1S/C13H14ClN3O3S/c1-8(2-5-11(19)20)15-10(18)4-3-9-12(14)16-13-17(9)6-7-21-13/h3-4,6-8H,2,5H2,1H3,(H,15,18)(H,19,20). The lowest BCUT2D eigenvalue weighted by molar-refractivity contribution is -0.137. The van der Waals surface area contributed by atoms with Crippen molar-refractivity contribution in [2.45, 2.75) is 25.8 Å². The number of hydrogen-bond donors (Lipinski definition) is 2. The van der Waals surface area contributed by atoms with E-state index in [-0.39, 0.29) is 18.4 Å². The molecule has 6 nitrogen and oxygen atoms in total. The van der Waals surface area contributed by atoms with E-state index in [2.05, 4.69) is 10.3 Å². The number of carbonyl (C=O) groups excluding carboxylic acids is 1. The topological polar surface area (TPSA) is 83.7 Å². The number of aromatic nitrogens is 2. The summed E-state index contributed by atoms with van der Waals surface area (Å²) in [7, 11) is 0. The molecule has 2 heterocycles. The Morgan fingerprint density at radius 1 is 1.62 bits per heavy atom. The molecule has 2 N–H and O–H groups in total. The summed E-state index contributed by atoms with van der Waals surface area (Å²) in [6.45, 7) is 1.76. The van der Waals surface area contributed by atoms with E-state index in [0.29, 0.717) is 17.3 Å². The number of carbonyl (C=O) groups is 2. The van der Waals surface area contributed by atoms with Gasteiger partial charge in [0.05, 0.1) is 5.69 Å². The Kier molecular flexibility index (Phi) is 4.98. The number of nitrogens with zero attached hydrogens (tertiary/aromatic N) is 2. The van der Waals surface area contributed by atoms with Crippen LogP contribution in [-0.4, -0.2) is 32.4 Å². The summed E-state index contributed by atoms with van der Waals surface area (Å²) < 4.78 is 1.80. The Bertz CT molecular complexity index is 692. The Morgan fingerprint density at radius 3 is 3.10 bits per heavy atom. The molecule has 0 radical (unpaired) electrons. The second-order valence-electron chi connectivity index (χ2n) is 4.52. The first-order valence-electron chi connectivity index (χ1n) is 6.29. The van der Waals surface area contributed by atoms with E-state index in [1.54, 1.807) is 17.4 Å². The summed E-state index contributed by atoms with van der Waals surface area (Å²) in [5, 5.41) is 13.5. The highest BCUT2D eigenvalue weighted by Gasteiger charge is 2.10. The molecule has 0 saturated carbocycles. The van der Waals surface area contributed by atoms with Crippen LogP contribution >= 0.6 is 22.9 Å². The maximum atomic E-state index is 11.8. The van der Waals surface area contributed by atoms with Gasteiger partial charge < -0.3 is 10.4 Å². The van der Waals surface area contributed by atoms with E-state index in [1.165, 1.54) is 17.4 Å². The lowest BCUT2D eigenvalue weighted by atomic mass is 10.2. The van der Waals surface area contributed by atoms with Crippen molar-refractivity contribution in [3.8, 4) is 0 Å². The molecule has 112 valence electrons. The monoisotopic (exact) mass is 327 g/mol. The Labute approximate surface area is 130 Å². The van der Waals surface area contributed by atoms with Crippen LogP contribution in [0.25, 0.3) is 11.0 Å². The van der Waals surface area contributed by atoms with Crippen LogP contribution in [0, 0.1) is 0 Å². The van der Waals surface area contributed by atoms with E-state index in [9.17, 15) is 9.59 Å². The molecule has 2 aromatic rings. The molecule has 1 amide bonds. The van der Waals surface area contributed by atoms with Crippen LogP contribution < -0.4 is 5.32 Å². The van der Waals surface area contributed by atoms with Crippen molar-refractivity contribution >= 4 is 45.9 Å². The van der Waals surface area contributed by atoms with Gasteiger partial charge in [-0.1, -0.05) is 11.6 Å². The minimum atomic E-state index is -0.877. The third-order valence-corrected chi connectivity index (χ3v) is 3.86. The average molecular weight is 328 g/mol. The van der Waals surface area contributed by atoms with Gasteiger partial charge in [0.15, 0.2) is 10.1 Å². The fourth-order valence-electron chi connectivity index (χ4n) is 1.78. The molecule has 0 bridgehead atoms. The Balaban J connectivity index is 1.97. The largest absolute Gasteiger partial charge is 0.481 e. The van der Waals surface area contributed by atoms with Gasteiger partial charge >= 0.3 is 5.97 Å². The molecule has 0 fully saturated rings. The normalized spacial score (nSPS) is 12.9. The Hall–Kier alpha value is -1.86. The predicted octanol–water partition coefficient (Wildman–Crippen LogP) is 2.43. The summed E-state index contributed by atoms with van der Waals surface area (Å²) in [4.78, 5) is 27.1. The fourth-order valence-corrected chi connectivity index (χ4v) is 2.79. The highest BCUT2D eigenvalue weighted by molar-refractivity contribution is 7.15. The molecule has 0 aliphatic carbocycles. The van der Waals surface area contributed by atoms with Gasteiger partial charge in [-0.25, -0.2) is 4.98 Å². The van der Waals surface area contributed by atoms with Gasteiger partial charge in [-0.3, -0.25) is 14.0 Å². The van der Waals surface area contributed by atoms with Crippen LogP contribution in [0.4, 0.5) is 0 Å². The number of nitrogens with one attached hydrogen (secondary N) is 1. The number of rotatable bonds is 6. The van der Waals surface area contributed by atoms with Gasteiger partial charge in [-0.2, -0.15) is 0 Å². The molecular weight excluding hydrogens is 314 g/mol. The number of carboxylic acid groups (broad SMARTS) is 1. The van der Waals surface area contributed by atoms with Crippen LogP contribution in [0.3, 0.4) is 0 Å². The SMILES string of the molecule is CC(CCC(=O)O)NC(=O)C=Cc1c(Cl)nc2sccn12. The molecule has 1 atom stereocenters. The highest BCUT2D eigenvalue weighted by Crippen LogP contribution is 2.22. The maximum Gasteiger partial charge on any atom is 0.303 e. The number of carboxylic acids is 1. The Morgan fingerprint density at radius 2 is 2.38 bits per heavy atom. The van der Waals surface area contributed by atoms with Crippen molar-refractivity contribution in [2.24, 2.45) is 0 Å². The smallest absolute Gasteiger partial charge is 0.303 e. The van der Waals surface area contributed by atoms with Crippen LogP contribution in [0.5, 0.6) is 0 Å². The molecule has 1 unspecified atom stereocenters. The van der Waals surface area contributed by atoms with Crippen molar-refractivity contribution < 1.29 is 14.7 Å². The van der Waals surface area contributed by atoms with Gasteiger partial charge in [0.25, 0.3) is 0 Å². The molecule has 0 saturated heterocycles. The number of imidazole rings is 1. The summed E-state index contributed by atoms with van der Waals surface area (Å²) in [6, 6.07) is -0.208. The first kappa shape index (κ1) is 15.5. The third kappa shape index (κ3) is 4.05. The van der Waals surface area contributed by atoms with Crippen LogP contribution in [-0.2, 0) is 9.59 Å². The lowest BCUT2D eigenvalue weighted by Gasteiger charge is -2.10. The number of halogens is 1. The van der Waals surface area contributed by atoms with E-state index in [1.807, 2.05) is 11.6 Å². The fraction of sp³-hybridized carbons (Fsp3) is 0.308. The third-order valence-electron chi connectivity index (χ3n) is 2.83.